The minimum atomic E-state index is -4.33. The molecule has 0 aliphatic carbocycles. The molecule has 0 amide bonds. The number of aromatic nitrogens is 2. The second-order valence-electron chi connectivity index (χ2n) is 3.49. The lowest BCUT2D eigenvalue weighted by atomic mass is 10.1. The number of alkyl halides is 3. The molecule has 2 aromatic rings. The van der Waals surface area contributed by atoms with Crippen LogP contribution in [-0.2, 0) is 6.18 Å². The quantitative estimate of drug-likeness (QED) is 0.716. The van der Waals surface area contributed by atoms with E-state index in [1.807, 2.05) is 6.92 Å². The Bertz CT molecular complexity index is 511. The summed E-state index contributed by atoms with van der Waals surface area (Å²) < 4.78 is 37.2. The van der Waals surface area contributed by atoms with E-state index < -0.39 is 11.7 Å². The fourth-order valence-corrected chi connectivity index (χ4v) is 1.48. The smallest absolute Gasteiger partial charge is 0.343 e. The Morgan fingerprint density at radius 2 is 1.93 bits per heavy atom. The fraction of sp³-hybridized carbons (Fsp3) is 0.300. The second kappa shape index (κ2) is 2.98. The molecule has 0 spiro atoms. The number of H-pyrrole nitrogens is 1. The van der Waals surface area contributed by atoms with Crippen LogP contribution in [0.25, 0.3) is 11.0 Å². The molecule has 0 unspecified atom stereocenters. The minimum absolute atomic E-state index is 0.498. The number of fused-ring (bicyclic) bond motifs is 1. The van der Waals surface area contributed by atoms with E-state index in [1.165, 1.54) is 0 Å². The van der Waals surface area contributed by atoms with E-state index in [4.69, 9.17) is 0 Å². The topological polar surface area (TPSA) is 28.7 Å². The monoisotopic (exact) mass is 214 g/mol. The van der Waals surface area contributed by atoms with E-state index >= 15 is 0 Å². The van der Waals surface area contributed by atoms with Crippen molar-refractivity contribution in [3.05, 3.63) is 29.1 Å². The van der Waals surface area contributed by atoms with Gasteiger partial charge in [-0.3, -0.25) is 0 Å². The van der Waals surface area contributed by atoms with Crippen LogP contribution >= 0.6 is 0 Å². The first-order valence-corrected chi connectivity index (χ1v) is 4.41. The van der Waals surface area contributed by atoms with Crippen LogP contribution in [0, 0.1) is 13.8 Å². The number of rotatable bonds is 0. The first-order valence-electron chi connectivity index (χ1n) is 4.41. The molecule has 80 valence electrons. The van der Waals surface area contributed by atoms with Crippen molar-refractivity contribution in [3.8, 4) is 0 Å². The van der Waals surface area contributed by atoms with E-state index in [9.17, 15) is 13.2 Å². The summed E-state index contributed by atoms with van der Waals surface area (Å²) in [6, 6.07) is 1.13. The molecule has 1 N–H and O–H groups in total. The van der Waals surface area contributed by atoms with E-state index in [0.717, 1.165) is 23.5 Å². The Balaban J connectivity index is 2.70. The Labute approximate surface area is 84.1 Å². The zero-order valence-electron chi connectivity index (χ0n) is 8.24. The highest BCUT2D eigenvalue weighted by molar-refractivity contribution is 5.81. The summed E-state index contributed by atoms with van der Waals surface area (Å²) in [6.45, 7) is 3.58. The van der Waals surface area contributed by atoms with Crippen LogP contribution in [0.15, 0.2) is 12.3 Å². The Morgan fingerprint density at radius 1 is 1.27 bits per heavy atom. The second-order valence-corrected chi connectivity index (χ2v) is 3.49. The third kappa shape index (κ3) is 1.58. The van der Waals surface area contributed by atoms with Crippen LogP contribution < -0.4 is 0 Å². The molecule has 0 saturated heterocycles. The highest BCUT2D eigenvalue weighted by Crippen LogP contribution is 2.31. The summed E-state index contributed by atoms with van der Waals surface area (Å²) in [7, 11) is 0. The van der Waals surface area contributed by atoms with Gasteiger partial charge in [0.15, 0.2) is 0 Å². The van der Waals surface area contributed by atoms with Crippen LogP contribution in [-0.4, -0.2) is 9.97 Å². The van der Waals surface area contributed by atoms with Crippen molar-refractivity contribution < 1.29 is 13.2 Å². The van der Waals surface area contributed by atoms with Crippen LogP contribution in [0.1, 0.15) is 16.8 Å². The number of nitrogens with zero attached hydrogens (tertiary/aromatic N) is 1. The molecule has 0 aliphatic rings. The summed E-state index contributed by atoms with van der Waals surface area (Å²) in [5.41, 5.74) is 1.44. The van der Waals surface area contributed by atoms with Gasteiger partial charge in [0.25, 0.3) is 0 Å². The fourth-order valence-electron chi connectivity index (χ4n) is 1.48. The van der Waals surface area contributed by atoms with Gasteiger partial charge in [0.2, 0.25) is 0 Å². The first kappa shape index (κ1) is 10.0. The van der Waals surface area contributed by atoms with Crippen molar-refractivity contribution in [2.24, 2.45) is 0 Å². The highest BCUT2D eigenvalue weighted by atomic mass is 19.4. The molecule has 5 heteroatoms. The van der Waals surface area contributed by atoms with Gasteiger partial charge >= 0.3 is 6.18 Å². The molecule has 2 rings (SSSR count). The number of aryl methyl sites for hydroxylation is 2. The van der Waals surface area contributed by atoms with Crippen molar-refractivity contribution in [1.82, 2.24) is 9.97 Å². The zero-order chi connectivity index (χ0) is 11.2. The third-order valence-corrected chi connectivity index (χ3v) is 2.49. The van der Waals surface area contributed by atoms with E-state index in [1.54, 1.807) is 6.92 Å². The standard InChI is InChI=1S/C10H9F3N2/c1-5-6(2)15-9-8(5)3-7(4-14-9)10(11,12)13/h3-4H,1-2H3,(H,14,15). The molecule has 0 bridgehead atoms. The Hall–Kier alpha value is -1.52. The summed E-state index contributed by atoms with van der Waals surface area (Å²) in [6.07, 6.45) is -3.49. The third-order valence-electron chi connectivity index (χ3n) is 2.49. The summed E-state index contributed by atoms with van der Waals surface area (Å²) in [4.78, 5) is 6.68. The number of pyridine rings is 1. The predicted octanol–water partition coefficient (Wildman–Crippen LogP) is 3.20. The normalized spacial score (nSPS) is 12.3. The number of halogens is 3. The van der Waals surface area contributed by atoms with Gasteiger partial charge in [-0.1, -0.05) is 0 Å². The Morgan fingerprint density at radius 3 is 2.53 bits per heavy atom. The molecule has 0 saturated carbocycles. The highest BCUT2D eigenvalue weighted by Gasteiger charge is 2.31. The lowest BCUT2D eigenvalue weighted by molar-refractivity contribution is -0.137. The summed E-state index contributed by atoms with van der Waals surface area (Å²) in [5, 5.41) is 0.530. The van der Waals surface area contributed by atoms with Crippen molar-refractivity contribution in [1.29, 1.82) is 0 Å². The van der Waals surface area contributed by atoms with Gasteiger partial charge in [0, 0.05) is 17.3 Å². The maximum atomic E-state index is 12.4. The molecule has 15 heavy (non-hydrogen) atoms. The first-order chi connectivity index (χ1) is 6.89. The number of nitrogens with one attached hydrogen (secondary N) is 1. The molecule has 2 heterocycles. The zero-order valence-corrected chi connectivity index (χ0v) is 8.24. The van der Waals surface area contributed by atoms with E-state index in [-0.39, 0.29) is 0 Å². The van der Waals surface area contributed by atoms with E-state index in [0.29, 0.717) is 11.0 Å². The SMILES string of the molecule is Cc1[nH]c2ncc(C(F)(F)F)cc2c1C. The van der Waals surface area contributed by atoms with Gasteiger partial charge < -0.3 is 4.98 Å². The molecule has 2 aromatic heterocycles. The summed E-state index contributed by atoms with van der Waals surface area (Å²) in [5.74, 6) is 0. The van der Waals surface area contributed by atoms with Crippen LogP contribution in [0.4, 0.5) is 13.2 Å². The van der Waals surface area contributed by atoms with Crippen molar-refractivity contribution >= 4 is 11.0 Å². The van der Waals surface area contributed by atoms with Gasteiger partial charge in [-0.25, -0.2) is 4.98 Å². The Kier molecular flexibility index (Phi) is 1.99. The van der Waals surface area contributed by atoms with Gasteiger partial charge in [-0.2, -0.15) is 13.2 Å². The van der Waals surface area contributed by atoms with Crippen molar-refractivity contribution in [2.45, 2.75) is 20.0 Å². The number of aromatic amines is 1. The maximum absolute atomic E-state index is 12.4. The summed E-state index contributed by atoms with van der Waals surface area (Å²) >= 11 is 0. The van der Waals surface area contributed by atoms with Gasteiger partial charge in [0.1, 0.15) is 5.65 Å². The minimum Gasteiger partial charge on any atom is -0.343 e. The van der Waals surface area contributed by atoms with Crippen LogP contribution in [0.3, 0.4) is 0 Å². The average molecular weight is 214 g/mol. The average Bonchev–Trinajstić information content (AvgIpc) is 2.41. The molecule has 2 nitrogen and oxygen atoms in total. The van der Waals surface area contributed by atoms with Gasteiger partial charge in [-0.15, -0.1) is 0 Å². The molecular formula is C10H9F3N2. The van der Waals surface area contributed by atoms with E-state index in [2.05, 4.69) is 9.97 Å². The lowest BCUT2D eigenvalue weighted by Crippen LogP contribution is -2.05. The van der Waals surface area contributed by atoms with Crippen LogP contribution in [0.2, 0.25) is 0 Å². The molecule has 0 atom stereocenters. The maximum Gasteiger partial charge on any atom is 0.417 e. The molecule has 0 aromatic carbocycles. The van der Waals surface area contributed by atoms with Crippen molar-refractivity contribution in [3.63, 3.8) is 0 Å². The molecule has 0 aliphatic heterocycles. The number of hydrogen-bond donors (Lipinski definition) is 1. The van der Waals surface area contributed by atoms with Crippen LogP contribution in [0.5, 0.6) is 0 Å². The number of hydrogen-bond acceptors (Lipinski definition) is 1. The largest absolute Gasteiger partial charge is 0.417 e. The molecule has 0 fully saturated rings. The van der Waals surface area contributed by atoms with Crippen molar-refractivity contribution in [2.75, 3.05) is 0 Å². The van der Waals surface area contributed by atoms with Gasteiger partial charge in [-0.05, 0) is 25.5 Å². The molecule has 0 radical (unpaired) electrons. The lowest BCUT2D eigenvalue weighted by Gasteiger charge is -2.05. The predicted molar refractivity (Wildman–Crippen MR) is 50.6 cm³/mol. The van der Waals surface area contributed by atoms with Gasteiger partial charge in [0.05, 0.1) is 5.56 Å². The molecular weight excluding hydrogens is 205 g/mol.